The molecule has 2 aromatic rings. The van der Waals surface area contributed by atoms with E-state index in [0.717, 1.165) is 24.4 Å². The van der Waals surface area contributed by atoms with Crippen LogP contribution in [0.3, 0.4) is 0 Å². The number of carbonyl (C=O) groups excluding carboxylic acids is 1. The summed E-state index contributed by atoms with van der Waals surface area (Å²) in [5.74, 6) is 2.06. The van der Waals surface area contributed by atoms with Gasteiger partial charge in [-0.15, -0.1) is 0 Å². The molecule has 148 valence electrons. The van der Waals surface area contributed by atoms with Crippen LogP contribution in [0.4, 0.5) is 0 Å². The zero-order chi connectivity index (χ0) is 19.6. The lowest BCUT2D eigenvalue weighted by Crippen LogP contribution is -2.38. The highest BCUT2D eigenvalue weighted by Crippen LogP contribution is 2.23. The maximum absolute atomic E-state index is 12.3. The number of amides is 1. The van der Waals surface area contributed by atoms with Crippen LogP contribution in [0.2, 0.25) is 0 Å². The maximum Gasteiger partial charge on any atom is 0.226 e. The van der Waals surface area contributed by atoms with Crippen LogP contribution in [0.25, 0.3) is 0 Å². The van der Waals surface area contributed by atoms with Crippen molar-refractivity contribution in [3.63, 3.8) is 0 Å². The molecule has 0 saturated carbocycles. The van der Waals surface area contributed by atoms with Crippen molar-refractivity contribution >= 4 is 5.91 Å². The molecule has 0 saturated heterocycles. The SMILES string of the molecule is CCN(CC)C(CNC(=O)CCCc1nc(C)no1)c1cccc(OC)c1. The number of nitrogens with zero attached hydrogens (tertiary/aromatic N) is 3. The summed E-state index contributed by atoms with van der Waals surface area (Å²) in [7, 11) is 1.66. The van der Waals surface area contributed by atoms with Crippen LogP contribution in [0.15, 0.2) is 28.8 Å². The van der Waals surface area contributed by atoms with Crippen molar-refractivity contribution < 1.29 is 14.1 Å². The van der Waals surface area contributed by atoms with Crippen LogP contribution in [0.5, 0.6) is 5.75 Å². The summed E-state index contributed by atoms with van der Waals surface area (Å²) in [5.41, 5.74) is 1.14. The van der Waals surface area contributed by atoms with Gasteiger partial charge in [0.1, 0.15) is 5.75 Å². The third kappa shape index (κ3) is 6.36. The van der Waals surface area contributed by atoms with Crippen LogP contribution < -0.4 is 10.1 Å². The van der Waals surface area contributed by atoms with Crippen LogP contribution in [-0.2, 0) is 11.2 Å². The number of ether oxygens (including phenoxy) is 1. The van der Waals surface area contributed by atoms with Crippen molar-refractivity contribution in [2.75, 3.05) is 26.7 Å². The number of likely N-dealkylation sites (N-methyl/N-ethyl adjacent to an activating group) is 1. The summed E-state index contributed by atoms with van der Waals surface area (Å²) < 4.78 is 10.4. The van der Waals surface area contributed by atoms with Crippen LogP contribution in [0, 0.1) is 6.92 Å². The summed E-state index contributed by atoms with van der Waals surface area (Å²) in [6.45, 7) is 8.42. The molecule has 0 fully saturated rings. The Morgan fingerprint density at radius 3 is 2.74 bits per heavy atom. The first-order valence-corrected chi connectivity index (χ1v) is 9.51. The van der Waals surface area contributed by atoms with Crippen LogP contribution >= 0.6 is 0 Å². The fourth-order valence-corrected chi connectivity index (χ4v) is 3.11. The molecule has 27 heavy (non-hydrogen) atoms. The Kier molecular flexibility index (Phi) is 8.26. The minimum atomic E-state index is 0.0336. The molecule has 1 atom stereocenters. The van der Waals surface area contributed by atoms with E-state index in [1.165, 1.54) is 0 Å². The average molecular weight is 374 g/mol. The van der Waals surface area contributed by atoms with Gasteiger partial charge in [0, 0.05) is 19.4 Å². The molecule has 0 aliphatic heterocycles. The molecule has 0 aliphatic carbocycles. The molecule has 0 spiro atoms. The lowest BCUT2D eigenvalue weighted by atomic mass is 10.0. The van der Waals surface area contributed by atoms with Gasteiger partial charge in [-0.05, 0) is 44.1 Å². The minimum Gasteiger partial charge on any atom is -0.497 e. The molecule has 7 nitrogen and oxygen atoms in total. The summed E-state index contributed by atoms with van der Waals surface area (Å²) in [6.07, 6.45) is 1.73. The second-order valence-corrected chi connectivity index (χ2v) is 6.41. The van der Waals surface area contributed by atoms with E-state index >= 15 is 0 Å². The summed E-state index contributed by atoms with van der Waals surface area (Å²) >= 11 is 0. The van der Waals surface area contributed by atoms with Gasteiger partial charge in [0.25, 0.3) is 0 Å². The third-order valence-corrected chi connectivity index (χ3v) is 4.59. The zero-order valence-corrected chi connectivity index (χ0v) is 16.7. The first-order valence-electron chi connectivity index (χ1n) is 9.51. The molecule has 0 bridgehead atoms. The zero-order valence-electron chi connectivity index (χ0n) is 16.7. The molecular weight excluding hydrogens is 344 g/mol. The highest BCUT2D eigenvalue weighted by Gasteiger charge is 2.19. The normalized spacial score (nSPS) is 12.2. The van der Waals surface area contributed by atoms with E-state index in [2.05, 4.69) is 40.3 Å². The van der Waals surface area contributed by atoms with E-state index in [-0.39, 0.29) is 11.9 Å². The topological polar surface area (TPSA) is 80.5 Å². The van der Waals surface area contributed by atoms with Gasteiger partial charge in [-0.2, -0.15) is 4.98 Å². The van der Waals surface area contributed by atoms with E-state index in [4.69, 9.17) is 9.26 Å². The van der Waals surface area contributed by atoms with E-state index in [1.807, 2.05) is 18.2 Å². The highest BCUT2D eigenvalue weighted by molar-refractivity contribution is 5.75. The van der Waals surface area contributed by atoms with Gasteiger partial charge >= 0.3 is 0 Å². The number of aryl methyl sites for hydroxylation is 2. The molecule has 1 aromatic heterocycles. The summed E-state index contributed by atoms with van der Waals surface area (Å²) in [5, 5.41) is 6.83. The number of hydrogen-bond acceptors (Lipinski definition) is 6. The first-order chi connectivity index (χ1) is 13.1. The molecule has 0 aliphatic rings. The lowest BCUT2D eigenvalue weighted by molar-refractivity contribution is -0.121. The molecule has 2 rings (SSSR count). The van der Waals surface area contributed by atoms with Crippen molar-refractivity contribution in [1.29, 1.82) is 0 Å². The number of aromatic nitrogens is 2. The van der Waals surface area contributed by atoms with E-state index in [0.29, 0.717) is 37.5 Å². The van der Waals surface area contributed by atoms with Crippen LogP contribution in [-0.4, -0.2) is 47.7 Å². The minimum absolute atomic E-state index is 0.0336. The van der Waals surface area contributed by atoms with Gasteiger partial charge in [-0.1, -0.05) is 31.1 Å². The second-order valence-electron chi connectivity index (χ2n) is 6.41. The number of rotatable bonds is 11. The quantitative estimate of drug-likeness (QED) is 0.651. The number of methoxy groups -OCH3 is 1. The molecule has 1 amide bonds. The van der Waals surface area contributed by atoms with Gasteiger partial charge in [-0.25, -0.2) is 0 Å². The Balaban J connectivity index is 1.91. The average Bonchev–Trinajstić information content (AvgIpc) is 3.10. The van der Waals surface area contributed by atoms with Gasteiger partial charge < -0.3 is 14.6 Å². The van der Waals surface area contributed by atoms with Gasteiger partial charge in [-0.3, -0.25) is 9.69 Å². The summed E-state index contributed by atoms with van der Waals surface area (Å²) in [6, 6.07) is 8.14. The lowest BCUT2D eigenvalue weighted by Gasteiger charge is -2.30. The van der Waals surface area contributed by atoms with E-state index < -0.39 is 0 Å². The monoisotopic (exact) mass is 374 g/mol. The van der Waals surface area contributed by atoms with Gasteiger partial charge in [0.05, 0.1) is 13.2 Å². The van der Waals surface area contributed by atoms with Crippen molar-refractivity contribution in [2.24, 2.45) is 0 Å². The number of benzene rings is 1. The van der Waals surface area contributed by atoms with Crippen molar-refractivity contribution in [3.05, 3.63) is 41.5 Å². The van der Waals surface area contributed by atoms with Gasteiger partial charge in [0.2, 0.25) is 11.8 Å². The van der Waals surface area contributed by atoms with Crippen LogP contribution in [0.1, 0.15) is 50.0 Å². The fraction of sp³-hybridized carbons (Fsp3) is 0.550. The van der Waals surface area contributed by atoms with Crippen molar-refractivity contribution in [2.45, 2.75) is 46.1 Å². The Morgan fingerprint density at radius 1 is 1.33 bits per heavy atom. The molecule has 1 aromatic carbocycles. The molecule has 1 N–H and O–H groups in total. The highest BCUT2D eigenvalue weighted by atomic mass is 16.5. The fourth-order valence-electron chi connectivity index (χ4n) is 3.11. The maximum atomic E-state index is 12.3. The van der Waals surface area contributed by atoms with E-state index in [1.54, 1.807) is 14.0 Å². The number of nitrogens with one attached hydrogen (secondary N) is 1. The largest absolute Gasteiger partial charge is 0.497 e. The van der Waals surface area contributed by atoms with Gasteiger partial charge in [0.15, 0.2) is 5.82 Å². The Morgan fingerprint density at radius 2 is 2.11 bits per heavy atom. The van der Waals surface area contributed by atoms with E-state index in [9.17, 15) is 4.79 Å². The summed E-state index contributed by atoms with van der Waals surface area (Å²) in [4.78, 5) is 18.8. The smallest absolute Gasteiger partial charge is 0.226 e. The molecule has 7 heteroatoms. The first kappa shape index (κ1) is 20.9. The number of hydrogen-bond donors (Lipinski definition) is 1. The molecule has 1 unspecified atom stereocenters. The Labute approximate surface area is 161 Å². The molecule has 1 heterocycles. The van der Waals surface area contributed by atoms with Crippen molar-refractivity contribution in [1.82, 2.24) is 20.4 Å². The number of carbonyl (C=O) groups is 1. The second kappa shape index (κ2) is 10.7. The standard InChI is InChI=1S/C20H30N4O3/c1-5-24(6-2)18(16-9-7-10-17(13-16)26-4)14-21-19(25)11-8-12-20-22-15(3)23-27-20/h7,9-10,13,18H,5-6,8,11-12,14H2,1-4H3,(H,21,25). The molecule has 0 radical (unpaired) electrons. The molecular formula is C20H30N4O3. The van der Waals surface area contributed by atoms with Crippen molar-refractivity contribution in [3.8, 4) is 5.75 Å². The Hall–Kier alpha value is -2.41. The third-order valence-electron chi connectivity index (χ3n) is 4.59. The Bertz CT molecular complexity index is 713. The predicted octanol–water partition coefficient (Wildman–Crippen LogP) is 2.91. The predicted molar refractivity (Wildman–Crippen MR) is 104 cm³/mol.